The molecule has 4 heteroatoms. The molecule has 4 rings (SSSR count). The number of benzene rings is 4. The van der Waals surface area contributed by atoms with Crippen LogP contribution in [0.1, 0.15) is 50.2 Å². The fourth-order valence-electron chi connectivity index (χ4n) is 4.31. The first-order chi connectivity index (χ1) is 15.4. The zero-order valence-electron chi connectivity index (χ0n) is 18.1. The molecule has 0 nitrogen and oxygen atoms in total. The molecule has 0 aliphatic heterocycles. The number of aryl methyl sites for hydroxylation is 1. The predicted molar refractivity (Wildman–Crippen MR) is 124 cm³/mol. The molecular formula is C28H26F4. The van der Waals surface area contributed by atoms with Gasteiger partial charge in [0.25, 0.3) is 0 Å². The van der Waals surface area contributed by atoms with Crippen LogP contribution in [-0.2, 0) is 12.6 Å². The number of unbranched alkanes of at least 4 members (excludes halogenated alkanes) is 4. The summed E-state index contributed by atoms with van der Waals surface area (Å²) in [6, 6.07) is 18.2. The summed E-state index contributed by atoms with van der Waals surface area (Å²) in [6.07, 6.45) is 2.83. The van der Waals surface area contributed by atoms with E-state index in [1.54, 1.807) is 12.1 Å². The monoisotopic (exact) mass is 438 g/mol. The molecule has 166 valence electrons. The number of alkyl halides is 3. The van der Waals surface area contributed by atoms with Crippen molar-refractivity contribution in [3.8, 4) is 11.1 Å². The van der Waals surface area contributed by atoms with Crippen LogP contribution in [-0.4, -0.2) is 0 Å². The average molecular weight is 439 g/mol. The molecule has 0 fully saturated rings. The molecule has 4 aromatic rings. The van der Waals surface area contributed by atoms with Crippen LogP contribution in [0.2, 0.25) is 0 Å². The van der Waals surface area contributed by atoms with E-state index in [1.807, 2.05) is 12.1 Å². The number of rotatable bonds is 7. The van der Waals surface area contributed by atoms with E-state index in [4.69, 9.17) is 0 Å². The Hall–Kier alpha value is -2.88. The minimum Gasteiger partial charge on any atom is -0.206 e. The molecule has 0 heterocycles. The largest absolute Gasteiger partial charge is 0.416 e. The fraction of sp³-hybridized carbons (Fsp3) is 0.286. The van der Waals surface area contributed by atoms with E-state index in [-0.39, 0.29) is 0 Å². The minimum atomic E-state index is -4.41. The molecule has 0 unspecified atom stereocenters. The van der Waals surface area contributed by atoms with Gasteiger partial charge in [0, 0.05) is 10.9 Å². The van der Waals surface area contributed by atoms with Crippen LogP contribution in [0.3, 0.4) is 0 Å². The molecule has 32 heavy (non-hydrogen) atoms. The van der Waals surface area contributed by atoms with E-state index in [2.05, 4.69) is 25.1 Å². The average Bonchev–Trinajstić information content (AvgIpc) is 2.78. The third kappa shape index (κ3) is 4.64. The quantitative estimate of drug-likeness (QED) is 0.153. The van der Waals surface area contributed by atoms with E-state index >= 15 is 4.39 Å². The van der Waals surface area contributed by atoms with Gasteiger partial charge in [0.2, 0.25) is 0 Å². The van der Waals surface area contributed by atoms with Crippen LogP contribution < -0.4 is 0 Å². The first-order valence-corrected chi connectivity index (χ1v) is 11.2. The lowest BCUT2D eigenvalue weighted by atomic mass is 9.94. The van der Waals surface area contributed by atoms with Crippen molar-refractivity contribution in [1.82, 2.24) is 0 Å². The summed E-state index contributed by atoms with van der Waals surface area (Å²) in [5.41, 5.74) is 1.27. The van der Waals surface area contributed by atoms with Crippen LogP contribution in [0.25, 0.3) is 32.7 Å². The molecule has 0 aliphatic rings. The first kappa shape index (κ1) is 22.3. The Bertz CT molecular complexity index is 1220. The van der Waals surface area contributed by atoms with Crippen molar-refractivity contribution >= 4 is 21.5 Å². The Balaban J connectivity index is 1.63. The lowest BCUT2D eigenvalue weighted by Crippen LogP contribution is -2.04. The van der Waals surface area contributed by atoms with Gasteiger partial charge in [-0.3, -0.25) is 0 Å². The Labute approximate surface area is 185 Å². The lowest BCUT2D eigenvalue weighted by molar-refractivity contribution is -0.137. The fourth-order valence-corrected chi connectivity index (χ4v) is 4.31. The molecule has 0 bridgehead atoms. The highest BCUT2D eigenvalue weighted by Crippen LogP contribution is 2.35. The summed E-state index contributed by atoms with van der Waals surface area (Å²) in [5, 5.41) is 3.34. The van der Waals surface area contributed by atoms with Gasteiger partial charge in [-0.05, 0) is 52.3 Å². The van der Waals surface area contributed by atoms with Gasteiger partial charge in [0.05, 0.1) is 5.56 Å². The molecule has 0 N–H and O–H groups in total. The highest BCUT2D eigenvalue weighted by Gasteiger charge is 2.30. The molecule has 0 spiro atoms. The molecule has 0 atom stereocenters. The molecular weight excluding hydrogens is 412 g/mol. The Kier molecular flexibility index (Phi) is 6.50. The van der Waals surface area contributed by atoms with Gasteiger partial charge in [-0.15, -0.1) is 0 Å². The summed E-state index contributed by atoms with van der Waals surface area (Å²) in [7, 11) is 0. The number of hydrogen-bond acceptors (Lipinski definition) is 0. The van der Waals surface area contributed by atoms with Gasteiger partial charge in [-0.25, -0.2) is 4.39 Å². The predicted octanol–water partition coefficient (Wildman–Crippen LogP) is 9.33. The molecule has 4 aromatic carbocycles. The molecule has 0 saturated carbocycles. The van der Waals surface area contributed by atoms with E-state index in [0.29, 0.717) is 16.5 Å². The van der Waals surface area contributed by atoms with Crippen molar-refractivity contribution < 1.29 is 17.6 Å². The smallest absolute Gasteiger partial charge is 0.206 e. The summed E-state index contributed by atoms with van der Waals surface area (Å²) in [4.78, 5) is 0. The van der Waals surface area contributed by atoms with E-state index in [1.165, 1.54) is 49.8 Å². The Morgan fingerprint density at radius 2 is 1.38 bits per heavy atom. The third-order valence-corrected chi connectivity index (χ3v) is 6.11. The van der Waals surface area contributed by atoms with E-state index in [9.17, 15) is 13.2 Å². The summed E-state index contributed by atoms with van der Waals surface area (Å²) >= 11 is 0. The Morgan fingerprint density at radius 3 is 2.09 bits per heavy atom. The standard InChI is InChI=1S/C28H26F4/c1-2-3-4-5-6-7-19-8-14-23-21(18-19)11-15-26-25(23)17-16-24(27(26)29)20-9-12-22(13-10-20)28(30,31)32/h8-18H,2-7H2,1H3. The van der Waals surface area contributed by atoms with Crippen LogP contribution in [0.5, 0.6) is 0 Å². The zero-order chi connectivity index (χ0) is 22.7. The molecule has 0 aliphatic carbocycles. The van der Waals surface area contributed by atoms with Crippen molar-refractivity contribution in [3.05, 3.63) is 83.7 Å². The van der Waals surface area contributed by atoms with Crippen molar-refractivity contribution in [2.75, 3.05) is 0 Å². The summed E-state index contributed by atoms with van der Waals surface area (Å²) < 4.78 is 53.8. The maximum atomic E-state index is 15.3. The van der Waals surface area contributed by atoms with Crippen LogP contribution in [0.15, 0.2) is 66.7 Å². The van der Waals surface area contributed by atoms with Crippen molar-refractivity contribution in [2.24, 2.45) is 0 Å². The second kappa shape index (κ2) is 9.32. The highest BCUT2D eigenvalue weighted by atomic mass is 19.4. The molecule has 0 amide bonds. The number of hydrogen-bond donors (Lipinski definition) is 0. The van der Waals surface area contributed by atoms with Crippen LogP contribution >= 0.6 is 0 Å². The summed E-state index contributed by atoms with van der Waals surface area (Å²) in [6.45, 7) is 2.21. The highest BCUT2D eigenvalue weighted by molar-refractivity contribution is 6.08. The van der Waals surface area contributed by atoms with Crippen molar-refractivity contribution in [2.45, 2.75) is 51.6 Å². The third-order valence-electron chi connectivity index (χ3n) is 6.11. The summed E-state index contributed by atoms with van der Waals surface area (Å²) in [5.74, 6) is -0.413. The first-order valence-electron chi connectivity index (χ1n) is 11.2. The maximum absolute atomic E-state index is 15.3. The van der Waals surface area contributed by atoms with Gasteiger partial charge in [-0.1, -0.05) is 87.2 Å². The number of fused-ring (bicyclic) bond motifs is 3. The Morgan fingerprint density at radius 1 is 0.688 bits per heavy atom. The van der Waals surface area contributed by atoms with Gasteiger partial charge >= 0.3 is 6.18 Å². The minimum absolute atomic E-state index is 0.300. The van der Waals surface area contributed by atoms with Gasteiger partial charge in [0.1, 0.15) is 5.82 Å². The maximum Gasteiger partial charge on any atom is 0.416 e. The number of halogens is 4. The van der Waals surface area contributed by atoms with Gasteiger partial charge < -0.3 is 0 Å². The van der Waals surface area contributed by atoms with Crippen LogP contribution in [0.4, 0.5) is 17.6 Å². The topological polar surface area (TPSA) is 0 Å². The van der Waals surface area contributed by atoms with Crippen molar-refractivity contribution in [1.29, 1.82) is 0 Å². The second-order valence-electron chi connectivity index (χ2n) is 8.38. The van der Waals surface area contributed by atoms with Crippen molar-refractivity contribution in [3.63, 3.8) is 0 Å². The van der Waals surface area contributed by atoms with Crippen LogP contribution in [0, 0.1) is 5.82 Å². The van der Waals surface area contributed by atoms with Gasteiger partial charge in [0.15, 0.2) is 0 Å². The molecule has 0 radical (unpaired) electrons. The zero-order valence-corrected chi connectivity index (χ0v) is 18.1. The normalized spacial score (nSPS) is 12.0. The van der Waals surface area contributed by atoms with E-state index < -0.39 is 17.6 Å². The SMILES string of the molecule is CCCCCCCc1ccc2c(ccc3c(F)c(-c4ccc(C(F)(F)F)cc4)ccc32)c1. The second-order valence-corrected chi connectivity index (χ2v) is 8.38. The molecule has 0 aromatic heterocycles. The lowest BCUT2D eigenvalue weighted by Gasteiger charge is -2.12. The van der Waals surface area contributed by atoms with Gasteiger partial charge in [-0.2, -0.15) is 13.2 Å². The van der Waals surface area contributed by atoms with E-state index in [0.717, 1.165) is 34.7 Å². The molecule has 0 saturated heterocycles.